The summed E-state index contributed by atoms with van der Waals surface area (Å²) in [6, 6.07) is 9.12. The van der Waals surface area contributed by atoms with E-state index in [2.05, 4.69) is 15.3 Å². The molecule has 140 valence electrons. The van der Waals surface area contributed by atoms with Gasteiger partial charge in [-0.3, -0.25) is 18.6 Å². The lowest BCUT2D eigenvalue weighted by molar-refractivity contribution is 0.615. The molecule has 5 aromatic heterocycles. The first-order valence-corrected chi connectivity index (χ1v) is 10.2. The van der Waals surface area contributed by atoms with Crippen LogP contribution in [0.25, 0.3) is 26.6 Å². The summed E-state index contributed by atoms with van der Waals surface area (Å²) in [6.07, 6.45) is 0. The van der Waals surface area contributed by atoms with Crippen LogP contribution >= 0.6 is 22.7 Å². The molecular formula is C18H14N6O2S2. The van der Waals surface area contributed by atoms with Crippen molar-refractivity contribution in [2.45, 2.75) is 13.5 Å². The Hall–Kier alpha value is -3.11. The van der Waals surface area contributed by atoms with Gasteiger partial charge >= 0.3 is 0 Å². The molecule has 0 radical (unpaired) electrons. The average molecular weight is 410 g/mol. The molecule has 5 aromatic rings. The van der Waals surface area contributed by atoms with Crippen LogP contribution in [0.4, 0.5) is 0 Å². The number of nitrogens with zero attached hydrogens (tertiary/aromatic N) is 6. The predicted octanol–water partition coefficient (Wildman–Crippen LogP) is 2.28. The second-order valence-corrected chi connectivity index (χ2v) is 8.58. The van der Waals surface area contributed by atoms with E-state index in [-0.39, 0.29) is 17.7 Å². The van der Waals surface area contributed by atoms with Crippen LogP contribution in [0.5, 0.6) is 0 Å². The van der Waals surface area contributed by atoms with Crippen LogP contribution in [0.2, 0.25) is 0 Å². The SMILES string of the molecule is Cc1ccc(-c2ccc(=O)n(Cc3nnc4n(C)c(=O)c5sccc5n34)n2)s1. The highest BCUT2D eigenvalue weighted by molar-refractivity contribution is 7.17. The highest BCUT2D eigenvalue weighted by Crippen LogP contribution is 2.25. The summed E-state index contributed by atoms with van der Waals surface area (Å²) in [5.41, 5.74) is 1.14. The largest absolute Gasteiger partial charge is 0.279 e. The van der Waals surface area contributed by atoms with Gasteiger partial charge in [-0.15, -0.1) is 32.9 Å². The molecule has 0 saturated carbocycles. The fourth-order valence-electron chi connectivity index (χ4n) is 3.16. The maximum absolute atomic E-state index is 12.5. The van der Waals surface area contributed by atoms with Crippen LogP contribution in [0, 0.1) is 6.92 Å². The number of thiophene rings is 2. The summed E-state index contributed by atoms with van der Waals surface area (Å²) in [6.45, 7) is 2.18. The normalized spacial score (nSPS) is 11.6. The molecule has 8 nitrogen and oxygen atoms in total. The van der Waals surface area contributed by atoms with Gasteiger partial charge in [-0.05, 0) is 36.6 Å². The molecule has 0 aliphatic heterocycles. The molecule has 0 bridgehead atoms. The quantitative estimate of drug-likeness (QED) is 0.455. The fraction of sp³-hybridized carbons (Fsp3) is 0.167. The van der Waals surface area contributed by atoms with Crippen molar-refractivity contribution < 1.29 is 0 Å². The van der Waals surface area contributed by atoms with Crippen LogP contribution in [0.1, 0.15) is 10.7 Å². The van der Waals surface area contributed by atoms with Gasteiger partial charge in [-0.2, -0.15) is 5.10 Å². The molecular weight excluding hydrogens is 396 g/mol. The Morgan fingerprint density at radius 1 is 1.07 bits per heavy atom. The molecule has 5 rings (SSSR count). The van der Waals surface area contributed by atoms with Gasteiger partial charge in [-0.1, -0.05) is 0 Å². The molecule has 0 N–H and O–H groups in total. The average Bonchev–Trinajstić information content (AvgIpc) is 3.41. The Morgan fingerprint density at radius 2 is 1.93 bits per heavy atom. The van der Waals surface area contributed by atoms with Gasteiger partial charge in [0.15, 0.2) is 5.82 Å². The van der Waals surface area contributed by atoms with Gasteiger partial charge in [0.05, 0.1) is 10.4 Å². The number of aryl methyl sites for hydroxylation is 2. The zero-order chi connectivity index (χ0) is 19.4. The van der Waals surface area contributed by atoms with E-state index in [1.807, 2.05) is 34.9 Å². The third-order valence-corrected chi connectivity index (χ3v) is 6.46. The highest BCUT2D eigenvalue weighted by atomic mass is 32.1. The van der Waals surface area contributed by atoms with Crippen molar-refractivity contribution in [2.24, 2.45) is 7.05 Å². The Bertz CT molecular complexity index is 1470. The molecule has 5 heterocycles. The molecule has 28 heavy (non-hydrogen) atoms. The van der Waals surface area contributed by atoms with E-state index in [1.54, 1.807) is 24.5 Å². The van der Waals surface area contributed by atoms with E-state index in [0.717, 1.165) is 16.1 Å². The van der Waals surface area contributed by atoms with E-state index in [1.165, 1.54) is 31.5 Å². The van der Waals surface area contributed by atoms with E-state index < -0.39 is 0 Å². The van der Waals surface area contributed by atoms with Crippen molar-refractivity contribution in [3.8, 4) is 10.6 Å². The van der Waals surface area contributed by atoms with Gasteiger partial charge in [0.1, 0.15) is 16.9 Å². The third kappa shape index (κ3) is 2.53. The van der Waals surface area contributed by atoms with E-state index in [4.69, 9.17) is 0 Å². The summed E-state index contributed by atoms with van der Waals surface area (Å²) in [7, 11) is 1.67. The lowest BCUT2D eigenvalue weighted by Crippen LogP contribution is -2.24. The minimum Gasteiger partial charge on any atom is -0.279 e. The molecule has 0 spiro atoms. The van der Waals surface area contributed by atoms with Crippen molar-refractivity contribution >= 4 is 38.7 Å². The Morgan fingerprint density at radius 3 is 2.71 bits per heavy atom. The van der Waals surface area contributed by atoms with E-state index in [0.29, 0.717) is 16.3 Å². The molecule has 0 aliphatic carbocycles. The van der Waals surface area contributed by atoms with Gasteiger partial charge in [0.25, 0.3) is 11.1 Å². The summed E-state index contributed by atoms with van der Waals surface area (Å²) >= 11 is 3.00. The number of fused-ring (bicyclic) bond motifs is 3. The monoisotopic (exact) mass is 410 g/mol. The molecule has 0 saturated heterocycles. The van der Waals surface area contributed by atoms with Crippen molar-refractivity contribution in [1.29, 1.82) is 0 Å². The first-order chi connectivity index (χ1) is 13.5. The summed E-state index contributed by atoms with van der Waals surface area (Å²) in [5.74, 6) is 0.979. The third-order valence-electron chi connectivity index (χ3n) is 4.55. The minimum absolute atomic E-state index is 0.109. The summed E-state index contributed by atoms with van der Waals surface area (Å²) in [5, 5.41) is 14.8. The van der Waals surface area contributed by atoms with Crippen LogP contribution in [0.15, 0.2) is 45.3 Å². The zero-order valence-corrected chi connectivity index (χ0v) is 16.6. The Labute approximate surface area is 165 Å². The Kier molecular flexibility index (Phi) is 3.78. The van der Waals surface area contributed by atoms with Gasteiger partial charge in [0, 0.05) is 18.0 Å². The summed E-state index contributed by atoms with van der Waals surface area (Å²) < 4.78 is 5.28. The van der Waals surface area contributed by atoms with Crippen molar-refractivity contribution in [3.05, 3.63) is 67.1 Å². The number of aromatic nitrogens is 6. The maximum atomic E-state index is 12.5. The van der Waals surface area contributed by atoms with Crippen LogP contribution in [-0.4, -0.2) is 28.9 Å². The second kappa shape index (κ2) is 6.21. The molecule has 0 amide bonds. The second-order valence-electron chi connectivity index (χ2n) is 6.38. The Balaban J connectivity index is 1.67. The van der Waals surface area contributed by atoms with Crippen molar-refractivity contribution in [2.75, 3.05) is 0 Å². The van der Waals surface area contributed by atoms with Crippen LogP contribution < -0.4 is 11.1 Å². The molecule has 0 aliphatic rings. The summed E-state index contributed by atoms with van der Waals surface area (Å²) in [4.78, 5) is 27.0. The van der Waals surface area contributed by atoms with E-state index >= 15 is 0 Å². The minimum atomic E-state index is -0.222. The van der Waals surface area contributed by atoms with Crippen molar-refractivity contribution in [1.82, 2.24) is 28.9 Å². The first-order valence-electron chi connectivity index (χ1n) is 8.48. The van der Waals surface area contributed by atoms with Crippen LogP contribution in [-0.2, 0) is 13.6 Å². The smallest absolute Gasteiger partial charge is 0.272 e. The highest BCUT2D eigenvalue weighted by Gasteiger charge is 2.17. The van der Waals surface area contributed by atoms with E-state index in [9.17, 15) is 9.59 Å². The maximum Gasteiger partial charge on any atom is 0.272 e. The molecule has 0 aromatic carbocycles. The molecule has 10 heteroatoms. The van der Waals surface area contributed by atoms with Crippen LogP contribution in [0.3, 0.4) is 0 Å². The molecule has 0 atom stereocenters. The standard InChI is InChI=1S/C18H14N6O2S2/c1-10-3-5-13(28-10)11-4-6-15(25)23(21-11)9-14-19-20-18-22(2)17(26)16-12(24(14)18)7-8-27-16/h3-8H,9H2,1-2H3. The number of hydrogen-bond donors (Lipinski definition) is 0. The first kappa shape index (κ1) is 17.0. The van der Waals surface area contributed by atoms with Gasteiger partial charge < -0.3 is 0 Å². The van der Waals surface area contributed by atoms with Gasteiger partial charge in [0.2, 0.25) is 5.78 Å². The molecule has 0 unspecified atom stereocenters. The zero-order valence-electron chi connectivity index (χ0n) is 15.0. The lowest BCUT2D eigenvalue weighted by atomic mass is 10.3. The van der Waals surface area contributed by atoms with Crippen molar-refractivity contribution in [3.63, 3.8) is 0 Å². The number of rotatable bonds is 3. The number of hydrogen-bond acceptors (Lipinski definition) is 7. The topological polar surface area (TPSA) is 87.1 Å². The van der Waals surface area contributed by atoms with Gasteiger partial charge in [-0.25, -0.2) is 4.68 Å². The predicted molar refractivity (Wildman–Crippen MR) is 109 cm³/mol. The fourth-order valence-corrected chi connectivity index (χ4v) is 4.84. The molecule has 0 fully saturated rings. The lowest BCUT2D eigenvalue weighted by Gasteiger charge is -2.07.